The van der Waals surface area contributed by atoms with Gasteiger partial charge in [0.15, 0.2) is 5.69 Å². The van der Waals surface area contributed by atoms with Crippen molar-refractivity contribution in [2.75, 3.05) is 36.8 Å². The molecular formula is C38H44N9O3+. The number of likely N-dealkylation sites (tertiary alicyclic amines) is 2. The van der Waals surface area contributed by atoms with Gasteiger partial charge >= 0.3 is 12.1 Å². The lowest BCUT2D eigenvalue weighted by Crippen LogP contribution is -2.57. The van der Waals surface area contributed by atoms with Gasteiger partial charge in [-0.25, -0.2) is 14.6 Å². The van der Waals surface area contributed by atoms with Gasteiger partial charge in [-0.3, -0.25) is 0 Å². The number of para-hydroxylation sites is 3. The van der Waals surface area contributed by atoms with Crippen molar-refractivity contribution in [1.29, 1.82) is 0 Å². The minimum Gasteiger partial charge on any atom is -0.445 e. The van der Waals surface area contributed by atoms with Gasteiger partial charge in [0, 0.05) is 49.7 Å². The maximum Gasteiger partial charge on any atom is 0.410 e. The van der Waals surface area contributed by atoms with Crippen molar-refractivity contribution in [1.82, 2.24) is 29.8 Å². The second-order valence-corrected chi connectivity index (χ2v) is 13.2. The van der Waals surface area contributed by atoms with E-state index in [1.165, 1.54) is 0 Å². The van der Waals surface area contributed by atoms with Crippen LogP contribution >= 0.6 is 0 Å². The summed E-state index contributed by atoms with van der Waals surface area (Å²) in [6.45, 7) is 4.89. The number of piperidine rings is 1. The van der Waals surface area contributed by atoms with Crippen molar-refractivity contribution < 1.29 is 14.3 Å². The summed E-state index contributed by atoms with van der Waals surface area (Å²) in [5, 5.41) is 6.56. The molecule has 0 saturated carbocycles. The fourth-order valence-corrected chi connectivity index (χ4v) is 7.08. The number of anilines is 2. The Bertz CT molecular complexity index is 1810. The van der Waals surface area contributed by atoms with E-state index in [2.05, 4.69) is 28.0 Å². The standard InChI is InChI=1S/C38H43N9O3/c1-28(30-14-10-22-45(25-30)37(48)43-31-15-6-3-7-16-31)42-36-39-21-20-35(44-36)47(27-40-33-18-8-9-19-34(33)47)41-24-32-17-11-23-46(32)38(49)50-26-29-12-4-2-5-13-29/h2-9,12-13,15-16,18-21,27-28,30,32,41H,10-11,14,17,22-26H2,1H3,(H-,39,42,43,44,48)/p+1. The van der Waals surface area contributed by atoms with E-state index in [1.807, 2.05) is 107 Å². The van der Waals surface area contributed by atoms with E-state index in [0.29, 0.717) is 31.4 Å². The number of quaternary nitrogens is 1. The molecule has 0 bridgehead atoms. The van der Waals surface area contributed by atoms with Crippen LogP contribution in [0.15, 0.2) is 102 Å². The topological polar surface area (TPSA) is 124 Å². The van der Waals surface area contributed by atoms with Crippen LogP contribution in [-0.2, 0) is 11.3 Å². The molecule has 4 unspecified atom stereocenters. The number of aliphatic imine (C=N–C) groups is 1. The molecular weight excluding hydrogens is 630 g/mol. The molecule has 3 N–H and O–H groups in total. The second-order valence-electron chi connectivity index (χ2n) is 13.2. The highest BCUT2D eigenvalue weighted by Crippen LogP contribution is 2.42. The molecule has 258 valence electrons. The fraction of sp³-hybridized carbons (Fsp3) is 0.342. The number of amides is 3. The van der Waals surface area contributed by atoms with E-state index in [-0.39, 0.29) is 41.3 Å². The molecule has 4 aromatic rings. The van der Waals surface area contributed by atoms with Crippen LogP contribution in [0.5, 0.6) is 0 Å². The van der Waals surface area contributed by atoms with E-state index >= 15 is 0 Å². The first kappa shape index (κ1) is 33.2. The molecule has 12 nitrogen and oxygen atoms in total. The van der Waals surface area contributed by atoms with Gasteiger partial charge in [-0.2, -0.15) is 9.98 Å². The molecule has 3 aromatic carbocycles. The second kappa shape index (κ2) is 15.1. The quantitative estimate of drug-likeness (QED) is 0.157. The van der Waals surface area contributed by atoms with Crippen molar-refractivity contribution in [3.63, 3.8) is 0 Å². The normalized spacial score (nSPS) is 21.8. The van der Waals surface area contributed by atoms with Crippen molar-refractivity contribution in [3.05, 3.63) is 103 Å². The molecule has 7 rings (SSSR count). The Morgan fingerprint density at radius 2 is 1.70 bits per heavy atom. The number of hydrogen-bond donors (Lipinski definition) is 3. The van der Waals surface area contributed by atoms with Gasteiger partial charge in [-0.05, 0) is 62.3 Å². The predicted molar refractivity (Wildman–Crippen MR) is 195 cm³/mol. The number of fused-ring (bicyclic) bond motifs is 1. The van der Waals surface area contributed by atoms with Gasteiger partial charge in [0.25, 0.3) is 5.82 Å². The summed E-state index contributed by atoms with van der Waals surface area (Å²) in [6, 6.07) is 29.1. The SMILES string of the molecule is CC(Nc1nccc([N+]2(NCC3CCCN3C(=O)OCc3ccccc3)C=Nc3ccccc32)n1)C1CCCN(C(=O)Nc2ccccc2)C1. The minimum atomic E-state index is -0.304. The van der Waals surface area contributed by atoms with Crippen LogP contribution in [0, 0.1) is 5.92 Å². The molecule has 0 aliphatic carbocycles. The zero-order valence-corrected chi connectivity index (χ0v) is 28.3. The van der Waals surface area contributed by atoms with E-state index in [9.17, 15) is 9.59 Å². The van der Waals surface area contributed by atoms with Crippen LogP contribution in [0.2, 0.25) is 0 Å². The zero-order valence-electron chi connectivity index (χ0n) is 28.3. The molecule has 3 amide bonds. The number of hydrogen-bond acceptors (Lipinski definition) is 8. The van der Waals surface area contributed by atoms with Gasteiger partial charge in [0.05, 0.1) is 12.6 Å². The van der Waals surface area contributed by atoms with Gasteiger partial charge in [0.1, 0.15) is 12.3 Å². The van der Waals surface area contributed by atoms with Crippen molar-refractivity contribution in [3.8, 4) is 0 Å². The Morgan fingerprint density at radius 1 is 0.940 bits per heavy atom. The lowest BCUT2D eigenvalue weighted by atomic mass is 9.92. The smallest absolute Gasteiger partial charge is 0.410 e. The number of urea groups is 1. The summed E-state index contributed by atoms with van der Waals surface area (Å²) < 4.78 is 5.79. The van der Waals surface area contributed by atoms with Crippen LogP contribution in [0.25, 0.3) is 0 Å². The van der Waals surface area contributed by atoms with E-state index < -0.39 is 0 Å². The molecule has 50 heavy (non-hydrogen) atoms. The summed E-state index contributed by atoms with van der Waals surface area (Å²) in [5.41, 5.74) is 7.26. The average Bonchev–Trinajstić information content (AvgIpc) is 3.80. The number of carbonyl (C=O) groups excluding carboxylic acids is 2. The summed E-state index contributed by atoms with van der Waals surface area (Å²) in [4.78, 5) is 44.3. The number of nitrogens with one attached hydrogen (secondary N) is 3. The number of ether oxygens (including phenoxy) is 1. The summed E-state index contributed by atoms with van der Waals surface area (Å²) in [6.07, 6.45) is 7.01. The zero-order chi connectivity index (χ0) is 34.3. The first-order chi connectivity index (χ1) is 24.5. The molecule has 1 aromatic heterocycles. The van der Waals surface area contributed by atoms with E-state index in [1.54, 1.807) is 6.20 Å². The predicted octanol–water partition coefficient (Wildman–Crippen LogP) is 6.84. The number of aromatic nitrogens is 2. The number of rotatable bonds is 10. The Kier molecular flexibility index (Phi) is 9.99. The number of benzene rings is 3. The molecule has 0 radical (unpaired) electrons. The molecule has 2 fully saturated rings. The maximum atomic E-state index is 13.2. The third-order valence-electron chi connectivity index (χ3n) is 9.86. The Labute approximate surface area is 292 Å². The Hall–Kier alpha value is -5.33. The van der Waals surface area contributed by atoms with Gasteiger partial charge in [0.2, 0.25) is 12.3 Å². The summed E-state index contributed by atoms with van der Waals surface area (Å²) >= 11 is 0. The van der Waals surface area contributed by atoms with E-state index in [0.717, 1.165) is 54.9 Å². The van der Waals surface area contributed by atoms with Crippen molar-refractivity contribution in [2.45, 2.75) is 51.3 Å². The third-order valence-corrected chi connectivity index (χ3v) is 9.86. The molecule has 12 heteroatoms. The van der Waals surface area contributed by atoms with Gasteiger partial charge in [-0.15, -0.1) is 10.0 Å². The maximum absolute atomic E-state index is 13.2. The highest BCUT2D eigenvalue weighted by atomic mass is 16.6. The number of carbonyl (C=O) groups is 2. The Morgan fingerprint density at radius 3 is 2.54 bits per heavy atom. The first-order valence-electron chi connectivity index (χ1n) is 17.5. The van der Waals surface area contributed by atoms with Crippen LogP contribution < -0.4 is 20.7 Å². The molecule has 0 spiro atoms. The highest BCUT2D eigenvalue weighted by Gasteiger charge is 2.43. The minimum absolute atomic E-state index is 0.0208. The number of nitrogens with zero attached hydrogens (tertiary/aromatic N) is 6. The van der Waals surface area contributed by atoms with Crippen LogP contribution in [0.4, 0.5) is 38.4 Å². The van der Waals surface area contributed by atoms with Crippen molar-refractivity contribution >= 4 is 47.3 Å². The van der Waals surface area contributed by atoms with E-state index in [4.69, 9.17) is 14.7 Å². The molecule has 4 atom stereocenters. The Balaban J connectivity index is 1.04. The van der Waals surface area contributed by atoms with Crippen LogP contribution in [0.1, 0.15) is 38.2 Å². The lowest BCUT2D eigenvalue weighted by Gasteiger charge is -2.36. The lowest BCUT2D eigenvalue weighted by molar-refractivity contribution is 0.0905. The monoisotopic (exact) mass is 674 g/mol. The highest BCUT2D eigenvalue weighted by molar-refractivity contribution is 5.93. The average molecular weight is 675 g/mol. The third kappa shape index (κ3) is 7.31. The van der Waals surface area contributed by atoms with Crippen molar-refractivity contribution in [2.24, 2.45) is 10.9 Å². The first-order valence-corrected chi connectivity index (χ1v) is 17.5. The largest absolute Gasteiger partial charge is 0.445 e. The molecule has 3 aliphatic rings. The summed E-state index contributed by atoms with van der Waals surface area (Å²) in [5.74, 6) is 1.43. The molecule has 3 aliphatic heterocycles. The van der Waals surface area contributed by atoms with Crippen LogP contribution in [-0.4, -0.2) is 76.5 Å². The molecule has 4 heterocycles. The fourth-order valence-electron chi connectivity index (χ4n) is 7.08. The van der Waals surface area contributed by atoms with Gasteiger partial charge in [-0.1, -0.05) is 60.7 Å². The summed E-state index contributed by atoms with van der Waals surface area (Å²) in [7, 11) is 0. The van der Waals surface area contributed by atoms with Crippen LogP contribution in [0.3, 0.4) is 0 Å². The van der Waals surface area contributed by atoms with Gasteiger partial charge < -0.3 is 25.2 Å². The molecule has 2 saturated heterocycles.